The summed E-state index contributed by atoms with van der Waals surface area (Å²) >= 11 is 0. The summed E-state index contributed by atoms with van der Waals surface area (Å²) in [7, 11) is 1.64. The van der Waals surface area contributed by atoms with Crippen molar-refractivity contribution in [2.45, 2.75) is 12.5 Å². The van der Waals surface area contributed by atoms with Crippen molar-refractivity contribution in [3.63, 3.8) is 0 Å². The van der Waals surface area contributed by atoms with Gasteiger partial charge in [-0.05, 0) is 28.5 Å². The van der Waals surface area contributed by atoms with Crippen LogP contribution in [0.3, 0.4) is 0 Å². The zero-order valence-corrected chi connectivity index (χ0v) is 14.4. The number of morpholine rings is 1. The number of H-pyrrole nitrogens is 1. The minimum atomic E-state index is -0.348. The number of amides is 1. The number of methoxy groups -OCH3 is 1. The molecule has 1 aliphatic heterocycles. The highest BCUT2D eigenvalue weighted by molar-refractivity contribution is 5.91. The van der Waals surface area contributed by atoms with Crippen LogP contribution in [0.1, 0.15) is 17.5 Å². The minimum Gasteiger partial charge on any atom is -0.497 e. The summed E-state index contributed by atoms with van der Waals surface area (Å²) in [5, 5.41) is 16.0. The first kappa shape index (κ1) is 16.5. The number of hydrogen-bond donors (Lipinski definition) is 1. The standard InChI is InChI=1S/C18H19N5O3/c1-25-14-6-5-12-3-2-4-13(15(12)10-14)9-17(24)23-7-8-26-16(11-23)18-19-21-22-20-18/h2-6,10,16H,7-9,11H2,1H3,(H,19,20,21,22). The van der Waals surface area contributed by atoms with Crippen molar-refractivity contribution in [3.8, 4) is 5.75 Å². The summed E-state index contributed by atoms with van der Waals surface area (Å²) in [6, 6.07) is 11.9. The van der Waals surface area contributed by atoms with E-state index in [4.69, 9.17) is 9.47 Å². The predicted molar refractivity (Wildman–Crippen MR) is 93.7 cm³/mol. The number of hydrogen-bond acceptors (Lipinski definition) is 6. The molecule has 0 saturated carbocycles. The fraction of sp³-hybridized carbons (Fsp3) is 0.333. The third-order valence-electron chi connectivity index (χ3n) is 4.59. The average molecular weight is 353 g/mol. The van der Waals surface area contributed by atoms with Crippen LogP contribution in [0.2, 0.25) is 0 Å². The lowest BCUT2D eigenvalue weighted by molar-refractivity contribution is -0.138. The van der Waals surface area contributed by atoms with Crippen LogP contribution < -0.4 is 4.74 Å². The Bertz CT molecular complexity index is 912. The molecule has 1 fully saturated rings. The van der Waals surface area contributed by atoms with Crippen LogP contribution in [0.15, 0.2) is 36.4 Å². The molecule has 3 aromatic rings. The summed E-state index contributed by atoms with van der Waals surface area (Å²) in [6.07, 6.45) is -0.0252. The minimum absolute atomic E-state index is 0.0529. The van der Waals surface area contributed by atoms with Crippen molar-refractivity contribution in [1.29, 1.82) is 0 Å². The number of fused-ring (bicyclic) bond motifs is 1. The second kappa shape index (κ2) is 7.09. The Balaban J connectivity index is 1.53. The molecule has 8 heteroatoms. The van der Waals surface area contributed by atoms with Gasteiger partial charge in [-0.3, -0.25) is 4.79 Å². The molecule has 0 bridgehead atoms. The molecule has 4 rings (SSSR count). The maximum Gasteiger partial charge on any atom is 0.227 e. The molecule has 1 aromatic heterocycles. The van der Waals surface area contributed by atoms with Crippen molar-refractivity contribution in [3.05, 3.63) is 47.8 Å². The van der Waals surface area contributed by atoms with Crippen molar-refractivity contribution in [2.75, 3.05) is 26.8 Å². The van der Waals surface area contributed by atoms with E-state index >= 15 is 0 Å². The Morgan fingerprint density at radius 1 is 1.38 bits per heavy atom. The largest absolute Gasteiger partial charge is 0.497 e. The zero-order valence-electron chi connectivity index (χ0n) is 14.4. The topological polar surface area (TPSA) is 93.2 Å². The van der Waals surface area contributed by atoms with Gasteiger partial charge in [-0.1, -0.05) is 29.5 Å². The van der Waals surface area contributed by atoms with E-state index in [0.717, 1.165) is 22.1 Å². The summed E-state index contributed by atoms with van der Waals surface area (Å²) in [4.78, 5) is 14.7. The molecule has 1 atom stereocenters. The second-order valence-electron chi connectivity index (χ2n) is 6.15. The van der Waals surface area contributed by atoms with Crippen LogP contribution in [0, 0.1) is 0 Å². The molecule has 1 aliphatic rings. The van der Waals surface area contributed by atoms with E-state index in [9.17, 15) is 4.79 Å². The van der Waals surface area contributed by atoms with Crippen molar-refractivity contribution in [2.24, 2.45) is 0 Å². The molecule has 1 unspecified atom stereocenters. The molecule has 0 aliphatic carbocycles. The SMILES string of the molecule is COc1ccc2cccc(CC(=O)N3CCOC(c4nn[nH]n4)C3)c2c1. The molecule has 2 heterocycles. The van der Waals surface area contributed by atoms with Gasteiger partial charge in [0.15, 0.2) is 0 Å². The van der Waals surface area contributed by atoms with E-state index < -0.39 is 0 Å². The van der Waals surface area contributed by atoms with Crippen LogP contribution in [0.5, 0.6) is 5.75 Å². The van der Waals surface area contributed by atoms with Gasteiger partial charge in [0, 0.05) is 6.54 Å². The molecule has 8 nitrogen and oxygen atoms in total. The lowest BCUT2D eigenvalue weighted by Crippen LogP contribution is -2.43. The highest BCUT2D eigenvalue weighted by Gasteiger charge is 2.28. The normalized spacial score (nSPS) is 17.4. The summed E-state index contributed by atoms with van der Waals surface area (Å²) in [5.74, 6) is 1.30. The highest BCUT2D eigenvalue weighted by Crippen LogP contribution is 2.25. The summed E-state index contributed by atoms with van der Waals surface area (Å²) < 4.78 is 11.0. The van der Waals surface area contributed by atoms with Crippen molar-refractivity contribution in [1.82, 2.24) is 25.5 Å². The van der Waals surface area contributed by atoms with Gasteiger partial charge in [0.2, 0.25) is 11.7 Å². The Morgan fingerprint density at radius 3 is 3.12 bits per heavy atom. The van der Waals surface area contributed by atoms with Crippen LogP contribution in [-0.4, -0.2) is 58.2 Å². The van der Waals surface area contributed by atoms with Gasteiger partial charge < -0.3 is 14.4 Å². The van der Waals surface area contributed by atoms with Crippen LogP contribution in [-0.2, 0) is 16.0 Å². The molecule has 1 N–H and O–H groups in total. The first-order chi connectivity index (χ1) is 12.7. The van der Waals surface area contributed by atoms with Gasteiger partial charge in [-0.25, -0.2) is 0 Å². The van der Waals surface area contributed by atoms with Gasteiger partial charge in [0.1, 0.15) is 11.9 Å². The monoisotopic (exact) mass is 353 g/mol. The number of aromatic nitrogens is 4. The Hall–Kier alpha value is -3.00. The number of benzene rings is 2. The highest BCUT2D eigenvalue weighted by atomic mass is 16.5. The average Bonchev–Trinajstić information content (AvgIpc) is 3.23. The fourth-order valence-corrected chi connectivity index (χ4v) is 3.21. The molecular formula is C18H19N5O3. The van der Waals surface area contributed by atoms with E-state index in [-0.39, 0.29) is 12.0 Å². The number of aromatic amines is 1. The Morgan fingerprint density at radius 2 is 2.31 bits per heavy atom. The molecule has 134 valence electrons. The number of tetrazole rings is 1. The van der Waals surface area contributed by atoms with Crippen LogP contribution >= 0.6 is 0 Å². The van der Waals surface area contributed by atoms with Crippen molar-refractivity contribution >= 4 is 16.7 Å². The summed E-state index contributed by atoms with van der Waals surface area (Å²) in [6.45, 7) is 1.43. The zero-order chi connectivity index (χ0) is 17.9. The number of nitrogens with one attached hydrogen (secondary N) is 1. The lowest BCUT2D eigenvalue weighted by Gasteiger charge is -2.31. The first-order valence-corrected chi connectivity index (χ1v) is 8.43. The molecule has 1 saturated heterocycles. The van der Waals surface area contributed by atoms with E-state index in [1.165, 1.54) is 0 Å². The van der Waals surface area contributed by atoms with Gasteiger partial charge in [-0.15, -0.1) is 10.2 Å². The maximum atomic E-state index is 12.9. The quantitative estimate of drug-likeness (QED) is 0.764. The summed E-state index contributed by atoms with van der Waals surface area (Å²) in [5.41, 5.74) is 0.981. The molecule has 2 aromatic carbocycles. The molecular weight excluding hydrogens is 334 g/mol. The van der Waals surface area contributed by atoms with Gasteiger partial charge in [0.25, 0.3) is 0 Å². The van der Waals surface area contributed by atoms with Gasteiger partial charge in [-0.2, -0.15) is 5.21 Å². The molecule has 26 heavy (non-hydrogen) atoms. The number of carbonyl (C=O) groups is 1. The van der Waals surface area contributed by atoms with Crippen molar-refractivity contribution < 1.29 is 14.3 Å². The third-order valence-corrected chi connectivity index (χ3v) is 4.59. The van der Waals surface area contributed by atoms with E-state index in [0.29, 0.717) is 31.9 Å². The van der Waals surface area contributed by atoms with Crippen LogP contribution in [0.4, 0.5) is 0 Å². The molecule has 0 radical (unpaired) electrons. The van der Waals surface area contributed by atoms with Gasteiger partial charge in [0.05, 0.1) is 26.7 Å². The van der Waals surface area contributed by atoms with Crippen LogP contribution in [0.25, 0.3) is 10.8 Å². The van der Waals surface area contributed by atoms with E-state index in [1.54, 1.807) is 12.0 Å². The van der Waals surface area contributed by atoms with E-state index in [2.05, 4.69) is 20.6 Å². The van der Waals surface area contributed by atoms with E-state index in [1.807, 2.05) is 36.4 Å². The number of nitrogens with zero attached hydrogens (tertiary/aromatic N) is 4. The Kier molecular flexibility index (Phi) is 4.49. The number of rotatable bonds is 4. The fourth-order valence-electron chi connectivity index (χ4n) is 3.21. The number of ether oxygens (including phenoxy) is 2. The predicted octanol–water partition coefficient (Wildman–Crippen LogP) is 1.50. The lowest BCUT2D eigenvalue weighted by atomic mass is 10.0. The second-order valence-corrected chi connectivity index (χ2v) is 6.15. The molecule has 0 spiro atoms. The first-order valence-electron chi connectivity index (χ1n) is 8.43. The number of carbonyl (C=O) groups excluding carboxylic acids is 1. The Labute approximate surface area is 150 Å². The maximum absolute atomic E-state index is 12.9. The van der Waals surface area contributed by atoms with Gasteiger partial charge >= 0.3 is 0 Å². The third kappa shape index (κ3) is 3.23. The molecule has 1 amide bonds. The smallest absolute Gasteiger partial charge is 0.227 e.